The molecule has 3 heteroatoms. The second-order valence-corrected chi connectivity index (χ2v) is 4.65. The maximum absolute atomic E-state index is 9.92. The normalized spacial score (nSPS) is 20.3. The monoisotopic (exact) mass is 208 g/mol. The Bertz CT molecular complexity index is 265. The number of hydrogen-bond donors (Lipinski definition) is 1. The van der Waals surface area contributed by atoms with Crippen molar-refractivity contribution < 1.29 is 5.11 Å². The van der Waals surface area contributed by atoms with E-state index >= 15 is 0 Å². The lowest BCUT2D eigenvalue weighted by atomic mass is 9.85. The molecule has 1 N–H and O–H groups in total. The Kier molecular flexibility index (Phi) is 3.78. The maximum atomic E-state index is 9.92. The number of aliphatic hydroxyl groups excluding tert-OH is 1. The van der Waals surface area contributed by atoms with Crippen molar-refractivity contribution in [3.8, 4) is 0 Å². The Hall–Kier alpha value is -0.830. The van der Waals surface area contributed by atoms with Crippen LogP contribution in [0.15, 0.2) is 18.7 Å². The van der Waals surface area contributed by atoms with E-state index < -0.39 is 0 Å². The van der Waals surface area contributed by atoms with Gasteiger partial charge in [0.05, 0.1) is 12.4 Å². The zero-order chi connectivity index (χ0) is 10.5. The van der Waals surface area contributed by atoms with Gasteiger partial charge in [-0.1, -0.05) is 32.1 Å². The molecule has 1 saturated carbocycles. The van der Waals surface area contributed by atoms with Crippen LogP contribution >= 0.6 is 0 Å². The quantitative estimate of drug-likeness (QED) is 0.824. The smallest absolute Gasteiger partial charge is 0.0946 e. The number of hydrogen-bond acceptors (Lipinski definition) is 2. The van der Waals surface area contributed by atoms with E-state index in [4.69, 9.17) is 0 Å². The second kappa shape index (κ2) is 5.31. The van der Waals surface area contributed by atoms with Gasteiger partial charge in [0, 0.05) is 18.9 Å². The van der Waals surface area contributed by atoms with Crippen LogP contribution in [0.4, 0.5) is 0 Å². The summed E-state index contributed by atoms with van der Waals surface area (Å²) < 4.78 is 1.95. The molecule has 0 saturated heterocycles. The van der Waals surface area contributed by atoms with Crippen LogP contribution in [0.5, 0.6) is 0 Å². The molecule has 3 nitrogen and oxygen atoms in total. The molecule has 1 aliphatic rings. The van der Waals surface area contributed by atoms with Crippen molar-refractivity contribution in [2.75, 3.05) is 0 Å². The molecule has 1 aliphatic carbocycles. The Morgan fingerprint density at radius 3 is 2.80 bits per heavy atom. The van der Waals surface area contributed by atoms with E-state index in [1.165, 1.54) is 32.1 Å². The minimum Gasteiger partial charge on any atom is -0.391 e. The average Bonchev–Trinajstić information content (AvgIpc) is 2.71. The standard InChI is InChI=1S/C12H20N2O/c15-12(9-14-7-6-13-10-14)8-11-4-2-1-3-5-11/h6-7,10-12,15H,1-5,8-9H2. The maximum Gasteiger partial charge on any atom is 0.0946 e. The molecule has 0 amide bonds. The summed E-state index contributed by atoms with van der Waals surface area (Å²) >= 11 is 0. The van der Waals surface area contributed by atoms with Gasteiger partial charge in [0.15, 0.2) is 0 Å². The summed E-state index contributed by atoms with van der Waals surface area (Å²) in [7, 11) is 0. The fraction of sp³-hybridized carbons (Fsp3) is 0.750. The summed E-state index contributed by atoms with van der Waals surface area (Å²) in [5.41, 5.74) is 0. The van der Waals surface area contributed by atoms with Crippen LogP contribution in [-0.4, -0.2) is 20.8 Å². The van der Waals surface area contributed by atoms with Crippen molar-refractivity contribution in [3.05, 3.63) is 18.7 Å². The van der Waals surface area contributed by atoms with Crippen LogP contribution in [0.2, 0.25) is 0 Å². The molecule has 0 radical (unpaired) electrons. The lowest BCUT2D eigenvalue weighted by molar-refractivity contribution is 0.113. The molecule has 0 aromatic carbocycles. The van der Waals surface area contributed by atoms with Crippen molar-refractivity contribution >= 4 is 0 Å². The highest BCUT2D eigenvalue weighted by atomic mass is 16.3. The third-order valence-electron chi connectivity index (χ3n) is 3.31. The molecule has 1 fully saturated rings. The zero-order valence-electron chi connectivity index (χ0n) is 9.18. The summed E-state index contributed by atoms with van der Waals surface area (Å²) in [6.45, 7) is 0.691. The highest BCUT2D eigenvalue weighted by Gasteiger charge is 2.17. The van der Waals surface area contributed by atoms with Crippen molar-refractivity contribution in [1.29, 1.82) is 0 Å². The molecule has 1 aromatic heterocycles. The number of rotatable bonds is 4. The van der Waals surface area contributed by atoms with Gasteiger partial charge in [-0.05, 0) is 12.3 Å². The lowest BCUT2D eigenvalue weighted by Crippen LogP contribution is -2.20. The minimum atomic E-state index is -0.206. The topological polar surface area (TPSA) is 38.0 Å². The third kappa shape index (κ3) is 3.34. The Balaban J connectivity index is 1.74. The van der Waals surface area contributed by atoms with E-state index in [-0.39, 0.29) is 6.10 Å². The minimum absolute atomic E-state index is 0.206. The summed E-state index contributed by atoms with van der Waals surface area (Å²) in [6, 6.07) is 0. The van der Waals surface area contributed by atoms with E-state index in [9.17, 15) is 5.11 Å². The van der Waals surface area contributed by atoms with Crippen molar-refractivity contribution in [2.45, 2.75) is 51.2 Å². The van der Waals surface area contributed by atoms with Gasteiger partial charge in [-0.25, -0.2) is 4.98 Å². The van der Waals surface area contributed by atoms with E-state index in [2.05, 4.69) is 4.98 Å². The zero-order valence-corrected chi connectivity index (χ0v) is 9.18. The fourth-order valence-corrected chi connectivity index (χ4v) is 2.52. The van der Waals surface area contributed by atoms with Crippen molar-refractivity contribution in [2.24, 2.45) is 5.92 Å². The lowest BCUT2D eigenvalue weighted by Gasteiger charge is -2.24. The van der Waals surface area contributed by atoms with E-state index in [0.717, 1.165) is 12.3 Å². The van der Waals surface area contributed by atoms with Crippen molar-refractivity contribution in [3.63, 3.8) is 0 Å². The largest absolute Gasteiger partial charge is 0.391 e. The number of aromatic nitrogens is 2. The molecule has 1 unspecified atom stereocenters. The van der Waals surface area contributed by atoms with E-state index in [1.54, 1.807) is 12.5 Å². The summed E-state index contributed by atoms with van der Waals surface area (Å²) in [4.78, 5) is 3.97. The van der Waals surface area contributed by atoms with E-state index in [0.29, 0.717) is 6.54 Å². The molecule has 15 heavy (non-hydrogen) atoms. The van der Waals surface area contributed by atoms with Gasteiger partial charge in [0.2, 0.25) is 0 Å². The Morgan fingerprint density at radius 1 is 1.33 bits per heavy atom. The third-order valence-corrected chi connectivity index (χ3v) is 3.31. The molecular weight excluding hydrogens is 188 g/mol. The predicted molar refractivity (Wildman–Crippen MR) is 59.4 cm³/mol. The van der Waals surface area contributed by atoms with Gasteiger partial charge in [0.1, 0.15) is 0 Å². The highest BCUT2D eigenvalue weighted by Crippen LogP contribution is 2.27. The molecule has 0 bridgehead atoms. The molecule has 0 spiro atoms. The Labute approximate surface area is 91.1 Å². The summed E-state index contributed by atoms with van der Waals surface area (Å²) in [5, 5.41) is 9.92. The van der Waals surface area contributed by atoms with Crippen LogP contribution in [0.25, 0.3) is 0 Å². The SMILES string of the molecule is OC(CC1CCCCC1)Cn1ccnc1. The van der Waals surface area contributed by atoms with Crippen LogP contribution in [-0.2, 0) is 6.54 Å². The summed E-state index contributed by atoms with van der Waals surface area (Å²) in [6.07, 6.45) is 12.9. The van der Waals surface area contributed by atoms with Crippen LogP contribution in [0.3, 0.4) is 0 Å². The predicted octanol–water partition coefficient (Wildman–Crippen LogP) is 2.21. The van der Waals surface area contributed by atoms with Gasteiger partial charge in [0.25, 0.3) is 0 Å². The molecule has 1 atom stereocenters. The first-order chi connectivity index (χ1) is 7.34. The van der Waals surface area contributed by atoms with E-state index in [1.807, 2.05) is 10.8 Å². The first kappa shape index (κ1) is 10.7. The van der Waals surface area contributed by atoms with Crippen molar-refractivity contribution in [1.82, 2.24) is 9.55 Å². The second-order valence-electron chi connectivity index (χ2n) is 4.65. The molecule has 2 rings (SSSR count). The molecule has 0 aliphatic heterocycles. The number of aliphatic hydroxyl groups is 1. The number of imidazole rings is 1. The van der Waals surface area contributed by atoms with Crippen LogP contribution in [0.1, 0.15) is 38.5 Å². The molecule has 1 heterocycles. The fourth-order valence-electron chi connectivity index (χ4n) is 2.52. The van der Waals surface area contributed by atoms with Gasteiger partial charge in [-0.2, -0.15) is 0 Å². The average molecular weight is 208 g/mol. The van der Waals surface area contributed by atoms with Crippen LogP contribution in [0, 0.1) is 5.92 Å². The first-order valence-electron chi connectivity index (χ1n) is 5.98. The molecule has 1 aromatic rings. The molecule has 84 valence electrons. The van der Waals surface area contributed by atoms with Gasteiger partial charge in [-0.3, -0.25) is 0 Å². The number of nitrogens with zero attached hydrogens (tertiary/aromatic N) is 2. The van der Waals surface area contributed by atoms with Gasteiger partial charge in [-0.15, -0.1) is 0 Å². The highest BCUT2D eigenvalue weighted by molar-refractivity contribution is 4.77. The first-order valence-corrected chi connectivity index (χ1v) is 5.98. The Morgan fingerprint density at radius 2 is 2.13 bits per heavy atom. The van der Waals surface area contributed by atoms with Gasteiger partial charge >= 0.3 is 0 Å². The van der Waals surface area contributed by atoms with Gasteiger partial charge < -0.3 is 9.67 Å². The molecular formula is C12H20N2O. The van der Waals surface area contributed by atoms with Crippen LogP contribution < -0.4 is 0 Å². The summed E-state index contributed by atoms with van der Waals surface area (Å²) in [5.74, 6) is 0.747.